The van der Waals surface area contributed by atoms with Gasteiger partial charge in [-0.15, -0.1) is 0 Å². The summed E-state index contributed by atoms with van der Waals surface area (Å²) < 4.78 is 6.68. The molecule has 1 saturated carbocycles. The average Bonchev–Trinajstić information content (AvgIpc) is 3.07. The topological polar surface area (TPSA) is 56.5 Å². The van der Waals surface area contributed by atoms with Crippen molar-refractivity contribution in [3.8, 4) is 0 Å². The summed E-state index contributed by atoms with van der Waals surface area (Å²) in [6, 6.07) is 3.64. The first-order valence-electron chi connectivity index (χ1n) is 5.81. The van der Waals surface area contributed by atoms with E-state index < -0.39 is 0 Å². The Morgan fingerprint density at radius 1 is 1.59 bits per heavy atom. The van der Waals surface area contributed by atoms with E-state index in [-0.39, 0.29) is 5.97 Å². The molecule has 88 valence electrons. The lowest BCUT2D eigenvalue weighted by molar-refractivity contribution is 0.0519. The van der Waals surface area contributed by atoms with Crippen LogP contribution in [-0.2, 0) is 4.74 Å². The van der Waals surface area contributed by atoms with E-state index in [2.05, 4.69) is 10.1 Å². The summed E-state index contributed by atoms with van der Waals surface area (Å²) in [5.41, 5.74) is 2.16. The molecular weight excluding hydrogens is 218 g/mol. The number of fused-ring (bicyclic) bond motifs is 1. The number of nitrogens with zero attached hydrogens (tertiary/aromatic N) is 3. The molecule has 1 fully saturated rings. The number of carbonyl (C=O) groups is 1. The maximum Gasteiger partial charge on any atom is 0.358 e. The van der Waals surface area contributed by atoms with Crippen LogP contribution in [0.5, 0.6) is 0 Å². The third kappa shape index (κ3) is 1.77. The molecule has 0 aromatic carbocycles. The van der Waals surface area contributed by atoms with E-state index in [9.17, 15) is 4.79 Å². The quantitative estimate of drug-likeness (QED) is 0.755. The molecule has 1 aliphatic rings. The van der Waals surface area contributed by atoms with Crippen molar-refractivity contribution in [2.75, 3.05) is 6.61 Å². The molecule has 5 nitrogen and oxygen atoms in total. The van der Waals surface area contributed by atoms with E-state index in [4.69, 9.17) is 4.74 Å². The SMILES string of the molecule is CCOC(=O)c1cc2nccc(C3CC3)n2n1. The maximum absolute atomic E-state index is 11.6. The zero-order valence-electron chi connectivity index (χ0n) is 9.59. The van der Waals surface area contributed by atoms with Crippen LogP contribution < -0.4 is 0 Å². The van der Waals surface area contributed by atoms with Crippen molar-refractivity contribution in [3.63, 3.8) is 0 Å². The second-order valence-electron chi connectivity index (χ2n) is 4.16. The van der Waals surface area contributed by atoms with Gasteiger partial charge in [0.1, 0.15) is 0 Å². The van der Waals surface area contributed by atoms with Crippen LogP contribution in [-0.4, -0.2) is 27.2 Å². The maximum atomic E-state index is 11.6. The number of esters is 1. The largest absolute Gasteiger partial charge is 0.461 e. The fourth-order valence-electron chi connectivity index (χ4n) is 1.91. The molecular formula is C12H13N3O2. The van der Waals surface area contributed by atoms with Crippen molar-refractivity contribution in [2.45, 2.75) is 25.7 Å². The lowest BCUT2D eigenvalue weighted by atomic mass is 10.3. The Morgan fingerprint density at radius 2 is 2.41 bits per heavy atom. The van der Waals surface area contributed by atoms with Gasteiger partial charge >= 0.3 is 5.97 Å². The molecule has 1 aliphatic carbocycles. The third-order valence-corrected chi connectivity index (χ3v) is 2.87. The van der Waals surface area contributed by atoms with Crippen molar-refractivity contribution in [1.82, 2.24) is 14.6 Å². The summed E-state index contributed by atoms with van der Waals surface area (Å²) in [5.74, 6) is 0.176. The van der Waals surface area contributed by atoms with Crippen LogP contribution in [0.4, 0.5) is 0 Å². The van der Waals surface area contributed by atoms with Crippen LogP contribution in [0, 0.1) is 0 Å². The van der Waals surface area contributed by atoms with E-state index in [0.717, 1.165) is 5.69 Å². The van der Waals surface area contributed by atoms with Gasteiger partial charge in [0, 0.05) is 23.9 Å². The zero-order chi connectivity index (χ0) is 11.8. The molecule has 0 bridgehead atoms. The Morgan fingerprint density at radius 3 is 3.12 bits per heavy atom. The molecule has 2 heterocycles. The molecule has 0 unspecified atom stereocenters. The molecule has 0 amide bonds. The molecule has 0 atom stereocenters. The second kappa shape index (κ2) is 3.84. The van der Waals surface area contributed by atoms with Crippen molar-refractivity contribution >= 4 is 11.6 Å². The van der Waals surface area contributed by atoms with E-state index in [1.807, 2.05) is 6.07 Å². The van der Waals surface area contributed by atoms with E-state index in [0.29, 0.717) is 23.9 Å². The van der Waals surface area contributed by atoms with Gasteiger partial charge in [-0.1, -0.05) is 0 Å². The smallest absolute Gasteiger partial charge is 0.358 e. The third-order valence-electron chi connectivity index (χ3n) is 2.87. The van der Waals surface area contributed by atoms with Gasteiger partial charge in [-0.25, -0.2) is 14.3 Å². The van der Waals surface area contributed by atoms with Crippen LogP contribution in [0.25, 0.3) is 5.65 Å². The second-order valence-corrected chi connectivity index (χ2v) is 4.16. The normalized spacial score (nSPS) is 15.1. The molecule has 5 heteroatoms. The molecule has 2 aromatic heterocycles. The molecule has 0 radical (unpaired) electrons. The van der Waals surface area contributed by atoms with E-state index in [1.165, 1.54) is 12.8 Å². The van der Waals surface area contributed by atoms with Gasteiger partial charge in [0.05, 0.1) is 6.61 Å². The summed E-state index contributed by atoms with van der Waals surface area (Å²) >= 11 is 0. The molecule has 0 spiro atoms. The Hall–Kier alpha value is -1.91. The van der Waals surface area contributed by atoms with Crippen molar-refractivity contribution in [2.24, 2.45) is 0 Å². The van der Waals surface area contributed by atoms with Gasteiger partial charge in [-0.2, -0.15) is 5.10 Å². The Labute approximate surface area is 98.4 Å². The molecule has 17 heavy (non-hydrogen) atoms. The number of aromatic nitrogens is 3. The molecule has 0 aliphatic heterocycles. The van der Waals surface area contributed by atoms with Gasteiger partial charge in [0.15, 0.2) is 11.3 Å². The minimum Gasteiger partial charge on any atom is -0.461 e. The predicted molar refractivity (Wildman–Crippen MR) is 60.9 cm³/mol. The number of carbonyl (C=O) groups excluding carboxylic acids is 1. The average molecular weight is 231 g/mol. The molecule has 2 aromatic rings. The fraction of sp³-hybridized carbons (Fsp3) is 0.417. The molecule has 3 rings (SSSR count). The van der Waals surface area contributed by atoms with Crippen LogP contribution >= 0.6 is 0 Å². The van der Waals surface area contributed by atoms with E-state index in [1.54, 1.807) is 23.7 Å². The molecule has 0 N–H and O–H groups in total. The van der Waals surface area contributed by atoms with E-state index >= 15 is 0 Å². The van der Waals surface area contributed by atoms with Crippen LogP contribution in [0.2, 0.25) is 0 Å². The Kier molecular flexibility index (Phi) is 2.31. The highest BCUT2D eigenvalue weighted by Crippen LogP contribution is 2.39. The van der Waals surface area contributed by atoms with Crippen molar-refractivity contribution in [3.05, 3.63) is 29.7 Å². The summed E-state index contributed by atoms with van der Waals surface area (Å²) in [5, 5.41) is 4.27. The minimum atomic E-state index is -0.389. The van der Waals surface area contributed by atoms with Gasteiger partial charge < -0.3 is 4.74 Å². The highest BCUT2D eigenvalue weighted by Gasteiger charge is 2.27. The summed E-state index contributed by atoms with van der Waals surface area (Å²) in [6.07, 6.45) is 4.14. The van der Waals surface area contributed by atoms with Crippen LogP contribution in [0.15, 0.2) is 18.3 Å². The molecule has 0 saturated heterocycles. The van der Waals surface area contributed by atoms with Crippen LogP contribution in [0.3, 0.4) is 0 Å². The first-order valence-corrected chi connectivity index (χ1v) is 5.81. The lowest BCUT2D eigenvalue weighted by Gasteiger charge is -2.00. The summed E-state index contributed by atoms with van der Waals surface area (Å²) in [7, 11) is 0. The summed E-state index contributed by atoms with van der Waals surface area (Å²) in [6.45, 7) is 2.14. The standard InChI is InChI=1S/C12H13N3O2/c1-2-17-12(16)9-7-11-13-6-5-10(8-3-4-8)15(11)14-9/h5-8H,2-4H2,1H3. The monoisotopic (exact) mass is 231 g/mol. The zero-order valence-corrected chi connectivity index (χ0v) is 9.59. The minimum absolute atomic E-state index is 0.326. The summed E-state index contributed by atoms with van der Waals surface area (Å²) in [4.78, 5) is 15.8. The van der Waals surface area contributed by atoms with Gasteiger partial charge in [-0.05, 0) is 25.8 Å². The number of rotatable bonds is 3. The van der Waals surface area contributed by atoms with Crippen LogP contribution in [0.1, 0.15) is 41.9 Å². The van der Waals surface area contributed by atoms with Gasteiger partial charge in [0.2, 0.25) is 0 Å². The fourth-order valence-corrected chi connectivity index (χ4v) is 1.91. The van der Waals surface area contributed by atoms with Gasteiger partial charge in [-0.3, -0.25) is 0 Å². The number of hydrogen-bond donors (Lipinski definition) is 0. The number of hydrogen-bond acceptors (Lipinski definition) is 4. The predicted octanol–water partition coefficient (Wildman–Crippen LogP) is 1.78. The Bertz CT molecular complexity index is 572. The first-order chi connectivity index (χ1) is 8.29. The number of ether oxygens (including phenoxy) is 1. The lowest BCUT2D eigenvalue weighted by Crippen LogP contribution is -2.06. The van der Waals surface area contributed by atoms with Crippen molar-refractivity contribution in [1.29, 1.82) is 0 Å². The highest BCUT2D eigenvalue weighted by molar-refractivity contribution is 5.88. The Balaban J connectivity index is 2.05. The van der Waals surface area contributed by atoms with Crippen molar-refractivity contribution < 1.29 is 9.53 Å². The first kappa shape index (κ1) is 10.3. The highest BCUT2D eigenvalue weighted by atomic mass is 16.5. The van der Waals surface area contributed by atoms with Gasteiger partial charge in [0.25, 0.3) is 0 Å².